The maximum atomic E-state index is 5.09. The molecule has 0 saturated heterocycles. The van der Waals surface area contributed by atoms with E-state index in [2.05, 4.69) is 27.6 Å². The Hall–Kier alpha value is -1.84. The first-order valence-electron chi connectivity index (χ1n) is 5.37. The van der Waals surface area contributed by atoms with Crippen molar-refractivity contribution >= 4 is 5.95 Å². The van der Waals surface area contributed by atoms with Crippen LogP contribution < -0.4 is 5.32 Å². The predicted octanol–water partition coefficient (Wildman–Crippen LogP) is 2.81. The highest BCUT2D eigenvalue weighted by Gasteiger charge is 2.08. The van der Waals surface area contributed by atoms with Crippen LogP contribution >= 0.6 is 0 Å². The van der Waals surface area contributed by atoms with Crippen molar-refractivity contribution in [2.75, 3.05) is 5.32 Å². The van der Waals surface area contributed by atoms with E-state index < -0.39 is 0 Å². The largest absolute Gasteiger partial charge is 0.348 e. The van der Waals surface area contributed by atoms with E-state index in [0.29, 0.717) is 18.4 Å². The standard InChI is InChI=1S/C12H15N3O/c1-9(2)11-14-12(15-16-11)13-8-10-6-4-3-5-7-10/h3-7,9H,8H2,1-2H3,(H,13,15). The summed E-state index contributed by atoms with van der Waals surface area (Å²) in [4.78, 5) is 4.24. The predicted molar refractivity (Wildman–Crippen MR) is 62.2 cm³/mol. The summed E-state index contributed by atoms with van der Waals surface area (Å²) in [7, 11) is 0. The van der Waals surface area contributed by atoms with Crippen molar-refractivity contribution < 1.29 is 4.52 Å². The van der Waals surface area contributed by atoms with Gasteiger partial charge in [-0.15, -0.1) is 0 Å². The van der Waals surface area contributed by atoms with Crippen molar-refractivity contribution in [2.45, 2.75) is 26.3 Å². The molecule has 0 aliphatic rings. The highest BCUT2D eigenvalue weighted by Crippen LogP contribution is 2.13. The smallest absolute Gasteiger partial charge is 0.263 e. The zero-order valence-corrected chi connectivity index (χ0v) is 9.47. The van der Waals surface area contributed by atoms with Gasteiger partial charge in [-0.2, -0.15) is 4.98 Å². The Balaban J connectivity index is 1.95. The quantitative estimate of drug-likeness (QED) is 0.855. The molecule has 1 N–H and O–H groups in total. The minimum absolute atomic E-state index is 0.264. The minimum Gasteiger partial charge on any atom is -0.348 e. The van der Waals surface area contributed by atoms with Crippen LogP contribution in [0.25, 0.3) is 0 Å². The maximum Gasteiger partial charge on any atom is 0.263 e. The molecule has 0 radical (unpaired) electrons. The van der Waals surface area contributed by atoms with Crippen molar-refractivity contribution in [2.24, 2.45) is 0 Å². The first-order valence-corrected chi connectivity index (χ1v) is 5.37. The van der Waals surface area contributed by atoms with Crippen molar-refractivity contribution in [1.29, 1.82) is 0 Å². The molecule has 4 heteroatoms. The third-order valence-corrected chi connectivity index (χ3v) is 2.23. The van der Waals surface area contributed by atoms with Crippen LogP contribution in [-0.2, 0) is 6.54 Å². The lowest BCUT2D eigenvalue weighted by atomic mass is 10.2. The van der Waals surface area contributed by atoms with Crippen LogP contribution in [0, 0.1) is 0 Å². The van der Waals surface area contributed by atoms with E-state index in [4.69, 9.17) is 4.52 Å². The zero-order chi connectivity index (χ0) is 11.4. The van der Waals surface area contributed by atoms with Gasteiger partial charge >= 0.3 is 0 Å². The van der Waals surface area contributed by atoms with Crippen molar-refractivity contribution in [3.8, 4) is 0 Å². The molecule has 0 bridgehead atoms. The van der Waals surface area contributed by atoms with E-state index in [1.165, 1.54) is 5.56 Å². The summed E-state index contributed by atoms with van der Waals surface area (Å²) in [6, 6.07) is 10.1. The Kier molecular flexibility index (Phi) is 3.19. The molecule has 1 aromatic carbocycles. The number of aromatic nitrogens is 2. The van der Waals surface area contributed by atoms with Crippen molar-refractivity contribution in [3.63, 3.8) is 0 Å². The lowest BCUT2D eigenvalue weighted by Crippen LogP contribution is -2.00. The molecule has 0 spiro atoms. The molecule has 0 saturated carbocycles. The summed E-state index contributed by atoms with van der Waals surface area (Å²) < 4.78 is 5.09. The van der Waals surface area contributed by atoms with Crippen LogP contribution in [0.15, 0.2) is 34.9 Å². The average Bonchev–Trinajstić information content (AvgIpc) is 2.76. The van der Waals surface area contributed by atoms with Crippen molar-refractivity contribution in [3.05, 3.63) is 41.8 Å². The van der Waals surface area contributed by atoms with E-state index in [-0.39, 0.29) is 5.92 Å². The lowest BCUT2D eigenvalue weighted by molar-refractivity contribution is 0.365. The Morgan fingerprint density at radius 1 is 1.25 bits per heavy atom. The van der Waals surface area contributed by atoms with E-state index in [1.54, 1.807) is 0 Å². The molecule has 0 unspecified atom stereocenters. The second-order valence-corrected chi connectivity index (χ2v) is 3.95. The third-order valence-electron chi connectivity index (χ3n) is 2.23. The van der Waals surface area contributed by atoms with Crippen LogP contribution in [0.4, 0.5) is 5.95 Å². The van der Waals surface area contributed by atoms with E-state index >= 15 is 0 Å². The zero-order valence-electron chi connectivity index (χ0n) is 9.47. The van der Waals surface area contributed by atoms with Gasteiger partial charge in [-0.1, -0.05) is 44.2 Å². The van der Waals surface area contributed by atoms with E-state index in [0.717, 1.165) is 0 Å². The fourth-order valence-corrected chi connectivity index (χ4v) is 1.32. The van der Waals surface area contributed by atoms with Gasteiger partial charge in [-0.3, -0.25) is 0 Å². The fraction of sp³-hybridized carbons (Fsp3) is 0.333. The fourth-order valence-electron chi connectivity index (χ4n) is 1.32. The van der Waals surface area contributed by atoms with Crippen LogP contribution in [0.1, 0.15) is 31.2 Å². The van der Waals surface area contributed by atoms with Crippen LogP contribution in [-0.4, -0.2) is 10.1 Å². The molecule has 1 heterocycles. The minimum atomic E-state index is 0.264. The van der Waals surface area contributed by atoms with Crippen LogP contribution in [0.2, 0.25) is 0 Å². The highest BCUT2D eigenvalue weighted by atomic mass is 16.5. The summed E-state index contributed by atoms with van der Waals surface area (Å²) in [5.74, 6) is 1.47. The first kappa shape index (κ1) is 10.7. The molecule has 0 aliphatic carbocycles. The molecule has 2 aromatic rings. The average molecular weight is 217 g/mol. The van der Waals surface area contributed by atoms with Gasteiger partial charge in [0.2, 0.25) is 5.89 Å². The number of benzene rings is 1. The van der Waals surface area contributed by atoms with Gasteiger partial charge < -0.3 is 9.84 Å². The van der Waals surface area contributed by atoms with Gasteiger partial charge in [0, 0.05) is 12.5 Å². The number of nitrogens with one attached hydrogen (secondary N) is 1. The Bertz CT molecular complexity index is 437. The van der Waals surface area contributed by atoms with Crippen molar-refractivity contribution in [1.82, 2.24) is 10.1 Å². The Morgan fingerprint density at radius 2 is 2.00 bits per heavy atom. The monoisotopic (exact) mass is 217 g/mol. The lowest BCUT2D eigenvalue weighted by Gasteiger charge is -2.00. The third kappa shape index (κ3) is 2.59. The van der Waals surface area contributed by atoms with E-state index in [9.17, 15) is 0 Å². The normalized spacial score (nSPS) is 10.7. The number of hydrogen-bond donors (Lipinski definition) is 1. The number of rotatable bonds is 4. The van der Waals surface area contributed by atoms with Gasteiger partial charge in [0.15, 0.2) is 0 Å². The summed E-state index contributed by atoms with van der Waals surface area (Å²) in [5, 5.41) is 6.98. The molecule has 0 fully saturated rings. The van der Waals surface area contributed by atoms with Gasteiger partial charge in [-0.25, -0.2) is 0 Å². The summed E-state index contributed by atoms with van der Waals surface area (Å²) in [5.41, 5.74) is 1.19. The van der Waals surface area contributed by atoms with Gasteiger partial charge in [0.05, 0.1) is 0 Å². The SMILES string of the molecule is CC(C)c1nc(NCc2ccccc2)no1. The molecular formula is C12H15N3O. The Labute approximate surface area is 94.7 Å². The maximum absolute atomic E-state index is 5.09. The second-order valence-electron chi connectivity index (χ2n) is 3.95. The molecule has 16 heavy (non-hydrogen) atoms. The van der Waals surface area contributed by atoms with Gasteiger partial charge in [-0.05, 0) is 10.7 Å². The molecule has 0 atom stereocenters. The summed E-state index contributed by atoms with van der Waals surface area (Å²) >= 11 is 0. The number of nitrogens with zero attached hydrogens (tertiary/aromatic N) is 2. The molecule has 2 rings (SSSR count). The molecule has 0 aliphatic heterocycles. The molecule has 1 aromatic heterocycles. The first-order chi connectivity index (χ1) is 7.75. The van der Waals surface area contributed by atoms with E-state index in [1.807, 2.05) is 32.0 Å². The second kappa shape index (κ2) is 4.79. The summed E-state index contributed by atoms with van der Waals surface area (Å²) in [6.07, 6.45) is 0. The van der Waals surface area contributed by atoms with Crippen LogP contribution in [0.5, 0.6) is 0 Å². The molecule has 4 nitrogen and oxygen atoms in total. The Morgan fingerprint density at radius 3 is 2.62 bits per heavy atom. The topological polar surface area (TPSA) is 51.0 Å². The molecular weight excluding hydrogens is 202 g/mol. The molecule has 0 amide bonds. The highest BCUT2D eigenvalue weighted by molar-refractivity contribution is 5.26. The number of hydrogen-bond acceptors (Lipinski definition) is 4. The van der Waals surface area contributed by atoms with Crippen LogP contribution in [0.3, 0.4) is 0 Å². The number of anilines is 1. The van der Waals surface area contributed by atoms with Gasteiger partial charge in [0.25, 0.3) is 5.95 Å². The molecule has 84 valence electrons. The van der Waals surface area contributed by atoms with Gasteiger partial charge in [0.1, 0.15) is 0 Å². The summed E-state index contributed by atoms with van der Waals surface area (Å²) in [6.45, 7) is 4.75.